The zero-order valence-corrected chi connectivity index (χ0v) is 14.4. The van der Waals surface area contributed by atoms with Crippen LogP contribution in [0, 0.1) is 0 Å². The lowest BCUT2D eigenvalue weighted by atomic mass is 10.1. The highest BCUT2D eigenvalue weighted by Crippen LogP contribution is 2.17. The summed E-state index contributed by atoms with van der Waals surface area (Å²) in [6.07, 6.45) is 3.60. The fraction of sp³-hybridized carbons (Fsp3) is 0.150. The van der Waals surface area contributed by atoms with Gasteiger partial charge in [-0.25, -0.2) is 0 Å². The Hall–Kier alpha value is -3.41. The summed E-state index contributed by atoms with van der Waals surface area (Å²) in [5.74, 6) is 0.512. The molecule has 2 amide bonds. The Morgan fingerprint density at radius 2 is 1.81 bits per heavy atom. The molecule has 0 saturated carbocycles. The third-order valence-electron chi connectivity index (χ3n) is 3.73. The number of hydrogen-bond acceptors (Lipinski definition) is 4. The minimum atomic E-state index is -0.123. The third kappa shape index (κ3) is 4.80. The second kappa shape index (κ2) is 8.11. The minimum absolute atomic E-state index is 0.0765. The van der Waals surface area contributed by atoms with Gasteiger partial charge in [0.05, 0.1) is 12.7 Å². The molecule has 0 unspecified atom stereocenters. The molecule has 2 N–H and O–H groups in total. The first-order valence-electron chi connectivity index (χ1n) is 8.22. The van der Waals surface area contributed by atoms with Crippen molar-refractivity contribution in [1.82, 2.24) is 10.3 Å². The monoisotopic (exact) mass is 349 g/mol. The molecule has 0 saturated heterocycles. The molecule has 6 heteroatoms. The molecule has 0 aliphatic rings. The van der Waals surface area contributed by atoms with Gasteiger partial charge in [-0.1, -0.05) is 18.2 Å². The Morgan fingerprint density at radius 3 is 2.42 bits per heavy atom. The highest BCUT2D eigenvalue weighted by molar-refractivity contribution is 5.88. The largest absolute Gasteiger partial charge is 0.463 e. The second-order valence-electron chi connectivity index (χ2n) is 5.86. The van der Waals surface area contributed by atoms with Gasteiger partial charge in [0, 0.05) is 25.4 Å². The van der Waals surface area contributed by atoms with Crippen molar-refractivity contribution in [3.05, 3.63) is 72.1 Å². The van der Waals surface area contributed by atoms with Gasteiger partial charge in [-0.15, -0.1) is 0 Å². The van der Waals surface area contributed by atoms with Gasteiger partial charge < -0.3 is 15.1 Å². The summed E-state index contributed by atoms with van der Waals surface area (Å²) in [7, 11) is 0. The summed E-state index contributed by atoms with van der Waals surface area (Å²) < 4.78 is 5.30. The molecule has 0 fully saturated rings. The average molecular weight is 349 g/mol. The van der Waals surface area contributed by atoms with Crippen molar-refractivity contribution in [3.8, 4) is 11.5 Å². The normalized spacial score (nSPS) is 10.3. The molecule has 0 spiro atoms. The first-order chi connectivity index (χ1) is 12.6. The van der Waals surface area contributed by atoms with Gasteiger partial charge in [0.2, 0.25) is 11.8 Å². The highest BCUT2D eigenvalue weighted by atomic mass is 16.3. The van der Waals surface area contributed by atoms with Crippen LogP contribution in [0.4, 0.5) is 5.69 Å². The lowest BCUT2D eigenvalue weighted by molar-refractivity contribution is -0.120. The van der Waals surface area contributed by atoms with Gasteiger partial charge in [0.25, 0.3) is 0 Å². The number of carbonyl (C=O) groups excluding carboxylic acids is 2. The molecule has 0 aliphatic heterocycles. The molecule has 0 bridgehead atoms. The van der Waals surface area contributed by atoms with Gasteiger partial charge in [-0.2, -0.15) is 0 Å². The smallest absolute Gasteiger partial charge is 0.224 e. The predicted octanol–water partition coefficient (Wildman–Crippen LogP) is 3.16. The van der Waals surface area contributed by atoms with Gasteiger partial charge in [0.15, 0.2) is 5.76 Å². The van der Waals surface area contributed by atoms with Crippen LogP contribution in [0.3, 0.4) is 0 Å². The van der Waals surface area contributed by atoms with Gasteiger partial charge in [0.1, 0.15) is 5.69 Å². The van der Waals surface area contributed by atoms with E-state index in [0.29, 0.717) is 18.0 Å². The van der Waals surface area contributed by atoms with Gasteiger partial charge in [-0.05, 0) is 41.5 Å². The van der Waals surface area contributed by atoms with E-state index < -0.39 is 0 Å². The maximum absolute atomic E-state index is 12.1. The fourth-order valence-corrected chi connectivity index (χ4v) is 2.46. The van der Waals surface area contributed by atoms with Crippen molar-refractivity contribution in [3.63, 3.8) is 0 Å². The summed E-state index contributed by atoms with van der Waals surface area (Å²) in [5, 5.41) is 5.57. The molecule has 0 atom stereocenters. The lowest BCUT2D eigenvalue weighted by Crippen LogP contribution is -2.24. The molecule has 26 heavy (non-hydrogen) atoms. The molecule has 0 aliphatic carbocycles. The summed E-state index contributed by atoms with van der Waals surface area (Å²) in [5.41, 5.74) is 3.26. The average Bonchev–Trinajstić information content (AvgIpc) is 3.16. The van der Waals surface area contributed by atoms with Crippen molar-refractivity contribution >= 4 is 17.5 Å². The Balaban J connectivity index is 1.50. The number of anilines is 1. The number of furan rings is 1. The van der Waals surface area contributed by atoms with Gasteiger partial charge in [-0.3, -0.25) is 14.6 Å². The Bertz CT molecular complexity index is 870. The highest BCUT2D eigenvalue weighted by Gasteiger charge is 2.06. The molecular weight excluding hydrogens is 330 g/mol. The molecule has 2 aromatic heterocycles. The fourth-order valence-electron chi connectivity index (χ4n) is 2.46. The first-order valence-corrected chi connectivity index (χ1v) is 8.22. The zero-order chi connectivity index (χ0) is 18.4. The standard InChI is InChI=1S/C20H19N3O3/c1-14(24)23-17-7-4-15(5-8-17)11-20(25)22-13-16-6-9-18(21-12-16)19-3-2-10-26-19/h2-10,12H,11,13H2,1H3,(H,22,25)(H,23,24). The molecular formula is C20H19N3O3. The maximum Gasteiger partial charge on any atom is 0.224 e. The Labute approximate surface area is 151 Å². The first kappa shape index (κ1) is 17.4. The van der Waals surface area contributed by atoms with Crippen molar-refractivity contribution in [2.75, 3.05) is 5.32 Å². The van der Waals surface area contributed by atoms with E-state index in [1.54, 1.807) is 24.6 Å². The van der Waals surface area contributed by atoms with E-state index in [2.05, 4.69) is 15.6 Å². The van der Waals surface area contributed by atoms with E-state index >= 15 is 0 Å². The van der Waals surface area contributed by atoms with E-state index in [-0.39, 0.29) is 18.2 Å². The predicted molar refractivity (Wildman–Crippen MR) is 98.2 cm³/mol. The lowest BCUT2D eigenvalue weighted by Gasteiger charge is -2.07. The topological polar surface area (TPSA) is 84.2 Å². The molecule has 3 aromatic rings. The molecule has 132 valence electrons. The van der Waals surface area contributed by atoms with Crippen molar-refractivity contribution < 1.29 is 14.0 Å². The van der Waals surface area contributed by atoms with Crippen LogP contribution >= 0.6 is 0 Å². The quantitative estimate of drug-likeness (QED) is 0.716. The number of benzene rings is 1. The number of pyridine rings is 1. The van der Waals surface area contributed by atoms with Crippen molar-refractivity contribution in [2.24, 2.45) is 0 Å². The summed E-state index contributed by atoms with van der Waals surface area (Å²) in [4.78, 5) is 27.4. The Morgan fingerprint density at radius 1 is 1.04 bits per heavy atom. The van der Waals surface area contributed by atoms with Crippen LogP contribution in [0.15, 0.2) is 65.4 Å². The summed E-state index contributed by atoms with van der Waals surface area (Å²) in [6.45, 7) is 1.87. The third-order valence-corrected chi connectivity index (χ3v) is 3.73. The number of hydrogen-bond donors (Lipinski definition) is 2. The molecule has 6 nitrogen and oxygen atoms in total. The SMILES string of the molecule is CC(=O)Nc1ccc(CC(=O)NCc2ccc(-c3ccco3)nc2)cc1. The number of nitrogens with zero attached hydrogens (tertiary/aromatic N) is 1. The number of aromatic nitrogens is 1. The van der Waals surface area contributed by atoms with Crippen molar-refractivity contribution in [2.45, 2.75) is 19.9 Å². The van der Waals surface area contributed by atoms with Gasteiger partial charge >= 0.3 is 0 Å². The minimum Gasteiger partial charge on any atom is -0.463 e. The van der Waals surface area contributed by atoms with Crippen LogP contribution in [-0.2, 0) is 22.6 Å². The van der Waals surface area contributed by atoms with Crippen molar-refractivity contribution in [1.29, 1.82) is 0 Å². The zero-order valence-electron chi connectivity index (χ0n) is 14.4. The van der Waals surface area contributed by atoms with Crippen LogP contribution in [0.2, 0.25) is 0 Å². The molecule has 2 heterocycles. The number of amides is 2. The van der Waals surface area contributed by atoms with E-state index in [1.165, 1.54) is 6.92 Å². The molecule has 1 aromatic carbocycles. The maximum atomic E-state index is 12.1. The Kier molecular flexibility index (Phi) is 5.43. The molecule has 3 rings (SSSR count). The summed E-state index contributed by atoms with van der Waals surface area (Å²) in [6, 6.07) is 14.6. The number of rotatable bonds is 6. The van der Waals surface area contributed by atoms with Crippen LogP contribution < -0.4 is 10.6 Å². The van der Waals surface area contributed by atoms with E-state index in [0.717, 1.165) is 16.8 Å². The number of nitrogens with one attached hydrogen (secondary N) is 2. The van der Waals surface area contributed by atoms with Crippen LogP contribution in [0.1, 0.15) is 18.1 Å². The van der Waals surface area contributed by atoms with Crippen LogP contribution in [-0.4, -0.2) is 16.8 Å². The van der Waals surface area contributed by atoms with E-state index in [1.807, 2.05) is 36.4 Å². The molecule has 0 radical (unpaired) electrons. The van der Waals surface area contributed by atoms with E-state index in [4.69, 9.17) is 4.42 Å². The number of carbonyl (C=O) groups is 2. The van der Waals surface area contributed by atoms with Crippen LogP contribution in [0.25, 0.3) is 11.5 Å². The summed E-state index contributed by atoms with van der Waals surface area (Å²) >= 11 is 0. The van der Waals surface area contributed by atoms with E-state index in [9.17, 15) is 9.59 Å². The van der Waals surface area contributed by atoms with Crippen LogP contribution in [0.5, 0.6) is 0 Å². The second-order valence-corrected chi connectivity index (χ2v) is 5.86.